The van der Waals surface area contributed by atoms with E-state index in [1.807, 2.05) is 12.1 Å². The van der Waals surface area contributed by atoms with E-state index in [9.17, 15) is 4.79 Å². The van der Waals surface area contributed by atoms with Crippen LogP contribution >= 0.6 is 23.8 Å². The van der Waals surface area contributed by atoms with Gasteiger partial charge >= 0.3 is 0 Å². The van der Waals surface area contributed by atoms with Gasteiger partial charge in [0.05, 0.1) is 31.2 Å². The third kappa shape index (κ3) is 6.32. The minimum Gasteiger partial charge on any atom is -0.493 e. The van der Waals surface area contributed by atoms with Gasteiger partial charge in [0.25, 0.3) is 5.91 Å². The smallest absolute Gasteiger partial charge is 0.257 e. The molecule has 0 spiro atoms. The summed E-state index contributed by atoms with van der Waals surface area (Å²) in [6.45, 7) is 7.69. The topological polar surface area (TPSA) is 62.8 Å². The zero-order chi connectivity index (χ0) is 21.5. The number of rotatable bonds is 6. The molecule has 0 aromatic heterocycles. The van der Waals surface area contributed by atoms with Crippen LogP contribution in [0.25, 0.3) is 0 Å². The molecule has 3 rings (SSSR count). The van der Waals surface area contributed by atoms with Crippen molar-refractivity contribution in [1.29, 1.82) is 0 Å². The third-order valence-corrected chi connectivity index (χ3v) is 4.92. The van der Waals surface area contributed by atoms with Crippen LogP contribution in [-0.4, -0.2) is 43.9 Å². The molecule has 0 bridgehead atoms. The second kappa shape index (κ2) is 10.6. The summed E-state index contributed by atoms with van der Waals surface area (Å²) >= 11 is 11.5. The maximum absolute atomic E-state index is 12.5. The van der Waals surface area contributed by atoms with Gasteiger partial charge < -0.3 is 19.7 Å². The van der Waals surface area contributed by atoms with E-state index in [-0.39, 0.29) is 11.0 Å². The fourth-order valence-corrected chi connectivity index (χ4v) is 3.36. The Hall–Kier alpha value is -2.35. The molecule has 1 fully saturated rings. The Balaban J connectivity index is 1.62. The first-order valence-electron chi connectivity index (χ1n) is 9.90. The van der Waals surface area contributed by atoms with Crippen molar-refractivity contribution >= 4 is 46.2 Å². The lowest BCUT2D eigenvalue weighted by molar-refractivity contribution is 0.0977. The van der Waals surface area contributed by atoms with E-state index < -0.39 is 0 Å². The van der Waals surface area contributed by atoms with Crippen molar-refractivity contribution in [2.24, 2.45) is 5.92 Å². The zero-order valence-corrected chi connectivity index (χ0v) is 18.7. The highest BCUT2D eigenvalue weighted by Gasteiger charge is 2.17. The molecule has 0 radical (unpaired) electrons. The van der Waals surface area contributed by atoms with Crippen molar-refractivity contribution in [3.05, 3.63) is 53.1 Å². The van der Waals surface area contributed by atoms with Crippen LogP contribution in [0.4, 0.5) is 11.4 Å². The quantitative estimate of drug-likeness (QED) is 0.642. The van der Waals surface area contributed by atoms with Crippen molar-refractivity contribution in [2.75, 3.05) is 43.1 Å². The largest absolute Gasteiger partial charge is 0.493 e. The molecule has 1 aliphatic heterocycles. The van der Waals surface area contributed by atoms with E-state index >= 15 is 0 Å². The highest BCUT2D eigenvalue weighted by Crippen LogP contribution is 2.29. The van der Waals surface area contributed by atoms with E-state index in [2.05, 4.69) is 29.4 Å². The van der Waals surface area contributed by atoms with E-state index in [1.54, 1.807) is 30.3 Å². The number of halogens is 1. The van der Waals surface area contributed by atoms with Crippen LogP contribution in [-0.2, 0) is 4.74 Å². The van der Waals surface area contributed by atoms with Gasteiger partial charge in [-0.3, -0.25) is 10.1 Å². The number of hydrogen-bond acceptors (Lipinski definition) is 5. The number of morpholine rings is 1. The summed E-state index contributed by atoms with van der Waals surface area (Å²) in [4.78, 5) is 14.7. The van der Waals surface area contributed by atoms with E-state index in [4.69, 9.17) is 33.3 Å². The summed E-state index contributed by atoms with van der Waals surface area (Å²) < 4.78 is 11.1. The van der Waals surface area contributed by atoms with Crippen LogP contribution in [0.2, 0.25) is 5.02 Å². The van der Waals surface area contributed by atoms with Gasteiger partial charge in [-0.15, -0.1) is 0 Å². The number of amides is 1. The Morgan fingerprint density at radius 2 is 1.90 bits per heavy atom. The molecule has 2 aromatic carbocycles. The predicted molar refractivity (Wildman–Crippen MR) is 125 cm³/mol. The molecule has 1 amide bonds. The number of ether oxygens (including phenoxy) is 2. The Kier molecular flexibility index (Phi) is 7.90. The number of nitrogens with one attached hydrogen (secondary N) is 2. The average molecular weight is 448 g/mol. The second-order valence-electron chi connectivity index (χ2n) is 7.40. The molecule has 0 saturated carbocycles. The minimum absolute atomic E-state index is 0.205. The summed E-state index contributed by atoms with van der Waals surface area (Å²) in [5, 5.41) is 6.61. The van der Waals surface area contributed by atoms with Crippen LogP contribution < -0.4 is 20.3 Å². The van der Waals surface area contributed by atoms with Gasteiger partial charge in [-0.25, -0.2) is 0 Å². The van der Waals surface area contributed by atoms with Crippen LogP contribution in [0.5, 0.6) is 5.75 Å². The van der Waals surface area contributed by atoms with Crippen LogP contribution in [0.3, 0.4) is 0 Å². The Morgan fingerprint density at radius 3 is 2.57 bits per heavy atom. The average Bonchev–Trinajstić information content (AvgIpc) is 2.73. The lowest BCUT2D eigenvalue weighted by Gasteiger charge is -2.30. The Labute approximate surface area is 187 Å². The van der Waals surface area contributed by atoms with E-state index in [1.165, 1.54) is 0 Å². The van der Waals surface area contributed by atoms with Crippen LogP contribution in [0.1, 0.15) is 24.2 Å². The van der Waals surface area contributed by atoms with Gasteiger partial charge in [-0.05, 0) is 60.6 Å². The first kappa shape index (κ1) is 22.3. The summed E-state index contributed by atoms with van der Waals surface area (Å²) in [6.07, 6.45) is 0. The molecule has 30 heavy (non-hydrogen) atoms. The number of carbonyl (C=O) groups is 1. The summed E-state index contributed by atoms with van der Waals surface area (Å²) in [5.41, 5.74) is 2.20. The molecule has 8 heteroatoms. The molecule has 1 heterocycles. The predicted octanol–water partition coefficient (Wildman–Crippen LogP) is 4.34. The number of anilines is 2. The minimum atomic E-state index is -0.294. The van der Waals surface area contributed by atoms with Gasteiger partial charge in [0.1, 0.15) is 5.75 Å². The maximum Gasteiger partial charge on any atom is 0.257 e. The highest BCUT2D eigenvalue weighted by molar-refractivity contribution is 7.80. The molecule has 1 aliphatic rings. The van der Waals surface area contributed by atoms with Gasteiger partial charge in [0.2, 0.25) is 0 Å². The molecule has 0 aliphatic carbocycles. The Bertz CT molecular complexity index is 884. The van der Waals surface area contributed by atoms with Crippen LogP contribution in [0, 0.1) is 5.92 Å². The summed E-state index contributed by atoms with van der Waals surface area (Å²) in [5.74, 6) is 0.873. The van der Waals surface area contributed by atoms with Gasteiger partial charge in [0, 0.05) is 23.7 Å². The lowest BCUT2D eigenvalue weighted by Crippen LogP contribution is -2.38. The van der Waals surface area contributed by atoms with Crippen molar-refractivity contribution in [1.82, 2.24) is 5.32 Å². The molecule has 6 nitrogen and oxygen atoms in total. The highest BCUT2D eigenvalue weighted by atomic mass is 35.5. The van der Waals surface area contributed by atoms with Crippen LogP contribution in [0.15, 0.2) is 42.5 Å². The fraction of sp³-hybridized carbons (Fsp3) is 0.364. The number of benzene rings is 2. The van der Waals surface area contributed by atoms with Gasteiger partial charge in [0.15, 0.2) is 5.11 Å². The first-order chi connectivity index (χ1) is 14.4. The number of thiocarbonyl (C=S) groups is 1. The summed E-state index contributed by atoms with van der Waals surface area (Å²) in [7, 11) is 0. The maximum atomic E-state index is 12.5. The second-order valence-corrected chi connectivity index (χ2v) is 8.24. The summed E-state index contributed by atoms with van der Waals surface area (Å²) in [6, 6.07) is 12.6. The monoisotopic (exact) mass is 447 g/mol. The van der Waals surface area contributed by atoms with Crippen molar-refractivity contribution in [3.8, 4) is 5.75 Å². The number of carbonyl (C=O) groups excluding carboxylic acids is 1. The van der Waals surface area contributed by atoms with Crippen molar-refractivity contribution in [3.63, 3.8) is 0 Å². The zero-order valence-electron chi connectivity index (χ0n) is 17.1. The fourth-order valence-electron chi connectivity index (χ4n) is 2.98. The van der Waals surface area contributed by atoms with Gasteiger partial charge in [-0.1, -0.05) is 25.4 Å². The molecular weight excluding hydrogens is 422 g/mol. The SMILES string of the molecule is CC(C)COc1ccc(C(=O)NC(=S)Nc2cc(Cl)ccc2N2CCOCC2)cc1. The molecular formula is C22H26ClN3O3S. The molecule has 0 unspecified atom stereocenters. The standard InChI is InChI=1S/C22H26ClN3O3S/c1-15(2)14-29-18-6-3-16(4-7-18)21(27)25-22(30)24-19-13-17(23)5-8-20(19)26-9-11-28-12-10-26/h3-8,13,15H,9-12,14H2,1-2H3,(H2,24,25,27,30). The molecule has 1 saturated heterocycles. The first-order valence-corrected chi connectivity index (χ1v) is 10.7. The van der Waals surface area contributed by atoms with E-state index in [0.29, 0.717) is 36.3 Å². The van der Waals surface area contributed by atoms with Gasteiger partial charge in [-0.2, -0.15) is 0 Å². The normalized spacial score (nSPS) is 13.8. The number of nitrogens with zero attached hydrogens (tertiary/aromatic N) is 1. The molecule has 2 N–H and O–H groups in total. The van der Waals surface area contributed by atoms with Crippen molar-refractivity contribution in [2.45, 2.75) is 13.8 Å². The Morgan fingerprint density at radius 1 is 1.20 bits per heavy atom. The molecule has 2 aromatic rings. The lowest BCUT2D eigenvalue weighted by atomic mass is 10.2. The number of hydrogen-bond donors (Lipinski definition) is 2. The molecule has 0 atom stereocenters. The van der Waals surface area contributed by atoms with E-state index in [0.717, 1.165) is 30.2 Å². The van der Waals surface area contributed by atoms with Crippen molar-refractivity contribution < 1.29 is 14.3 Å². The third-order valence-electron chi connectivity index (χ3n) is 4.49. The molecule has 160 valence electrons.